The summed E-state index contributed by atoms with van der Waals surface area (Å²) < 4.78 is 4.96. The Morgan fingerprint density at radius 3 is 1.98 bits per heavy atom. The Hall–Kier alpha value is -4.65. The summed E-state index contributed by atoms with van der Waals surface area (Å²) in [7, 11) is 1.44. The Kier molecular flexibility index (Phi) is 17.7. The fraction of sp³-hybridized carbons (Fsp3) is 0.528. The molecular formula is C36H49N3O10. The molecule has 1 heterocycles. The lowest BCUT2D eigenvalue weighted by Crippen LogP contribution is -2.55. The summed E-state index contributed by atoms with van der Waals surface area (Å²) in [6, 6.07) is 5.44. The number of rotatable bonds is 25. The predicted octanol–water partition coefficient (Wildman–Crippen LogP) is 5.00. The summed E-state index contributed by atoms with van der Waals surface area (Å²) in [4.78, 5) is 69.3. The molecule has 1 aromatic carbocycles. The van der Waals surface area contributed by atoms with Gasteiger partial charge in [0.25, 0.3) is 0 Å². The van der Waals surface area contributed by atoms with Crippen molar-refractivity contribution in [2.45, 2.75) is 108 Å². The monoisotopic (exact) mass is 683 g/mol. The molecule has 2 aromatic rings. The highest BCUT2D eigenvalue weighted by atomic mass is 16.5. The molecule has 0 fully saturated rings. The number of nitrogens with zero attached hydrogens (tertiary/aromatic N) is 2. The molecule has 0 aliphatic carbocycles. The van der Waals surface area contributed by atoms with Crippen LogP contribution in [-0.4, -0.2) is 78.7 Å². The molecule has 0 aliphatic rings. The number of carboxylic acids is 3. The quantitative estimate of drug-likeness (QED) is 0.0691. The normalized spacial score (nSPS) is 13.7. The topological polar surface area (TPSA) is 213 Å². The third kappa shape index (κ3) is 14.2. The highest BCUT2D eigenvalue weighted by molar-refractivity contribution is 5.94. The number of hydrogen-bond donors (Lipinski definition) is 5. The first kappa shape index (κ1) is 40.5. The van der Waals surface area contributed by atoms with Crippen LogP contribution in [0, 0.1) is 5.92 Å². The molecule has 0 radical (unpaired) electrons. The van der Waals surface area contributed by atoms with Crippen molar-refractivity contribution in [3.63, 3.8) is 0 Å². The van der Waals surface area contributed by atoms with E-state index in [4.69, 9.17) is 4.74 Å². The number of aromatic nitrogens is 2. The Balaban J connectivity index is 2.03. The number of amides is 1. The number of unbranched alkanes of at least 4 members (excludes halogenated alkanes) is 8. The lowest BCUT2D eigenvalue weighted by molar-refractivity contribution is -0.172. The first-order chi connectivity index (χ1) is 23.4. The maximum absolute atomic E-state index is 13.4. The Morgan fingerprint density at radius 2 is 1.45 bits per heavy atom. The van der Waals surface area contributed by atoms with E-state index in [1.165, 1.54) is 19.6 Å². The molecule has 0 bridgehead atoms. The number of nitrogens with one attached hydrogen (secondary N) is 1. The summed E-state index contributed by atoms with van der Waals surface area (Å²) in [6.07, 6.45) is 14.3. The van der Waals surface area contributed by atoms with E-state index in [1.807, 2.05) is 0 Å². The number of hydrogen-bond acceptors (Lipinski definition) is 9. The molecule has 0 unspecified atom stereocenters. The molecule has 2 rings (SSSR count). The molecular weight excluding hydrogens is 634 g/mol. The molecule has 3 atom stereocenters. The van der Waals surface area contributed by atoms with E-state index < -0.39 is 47.8 Å². The van der Waals surface area contributed by atoms with Crippen molar-refractivity contribution in [1.82, 2.24) is 15.3 Å². The third-order valence-corrected chi connectivity index (χ3v) is 8.20. The number of methoxy groups -OCH3 is 1. The molecule has 13 nitrogen and oxygen atoms in total. The van der Waals surface area contributed by atoms with Crippen molar-refractivity contribution in [3.8, 4) is 17.1 Å². The molecule has 49 heavy (non-hydrogen) atoms. The predicted molar refractivity (Wildman–Crippen MR) is 181 cm³/mol. The smallest absolute Gasteiger partial charge is 0.337 e. The molecule has 13 heteroatoms. The maximum atomic E-state index is 13.4. The first-order valence-electron chi connectivity index (χ1n) is 16.8. The summed E-state index contributed by atoms with van der Waals surface area (Å²) in [6.45, 7) is 2.15. The molecule has 0 saturated carbocycles. The van der Waals surface area contributed by atoms with E-state index in [-0.39, 0.29) is 18.2 Å². The number of Topliss-reactive ketones (excluding diaryl/α,β-unsaturated/α-hetero) is 1. The Morgan fingerprint density at radius 1 is 0.857 bits per heavy atom. The summed E-state index contributed by atoms with van der Waals surface area (Å²) in [5.74, 6) is -7.76. The molecule has 0 saturated heterocycles. The Labute approximate surface area is 286 Å². The summed E-state index contributed by atoms with van der Waals surface area (Å²) in [5.41, 5.74) is -1.07. The van der Waals surface area contributed by atoms with Gasteiger partial charge in [-0.25, -0.2) is 19.6 Å². The highest BCUT2D eigenvalue weighted by Crippen LogP contribution is 2.26. The number of carbonyl (C=O) groups excluding carboxylic acids is 2. The van der Waals surface area contributed by atoms with Gasteiger partial charge in [-0.2, -0.15) is 0 Å². The number of aliphatic carboxylic acids is 3. The highest BCUT2D eigenvalue weighted by Gasteiger charge is 2.49. The first-order valence-corrected chi connectivity index (χ1v) is 16.8. The van der Waals surface area contributed by atoms with Gasteiger partial charge < -0.3 is 30.5 Å². The second-order valence-corrected chi connectivity index (χ2v) is 12.1. The zero-order valence-corrected chi connectivity index (χ0v) is 28.3. The van der Waals surface area contributed by atoms with Gasteiger partial charge in [-0.3, -0.25) is 14.4 Å². The summed E-state index contributed by atoms with van der Waals surface area (Å²) in [5, 5.41) is 42.2. The number of benzene rings is 1. The SMILES string of the molecule is CCCCCCCC(=O)CCCCCC/C=C/[C@H](C(=O)N[C@@H](Cc1ccc(-c2cnc(OC)nc2)cc1)C(=O)O)[C@@](O)(CC(=O)O)C(=O)O. The van der Waals surface area contributed by atoms with Crippen LogP contribution >= 0.6 is 0 Å². The molecule has 1 aromatic heterocycles. The van der Waals surface area contributed by atoms with Crippen molar-refractivity contribution < 1.29 is 49.1 Å². The lowest BCUT2D eigenvalue weighted by atomic mass is 9.82. The maximum Gasteiger partial charge on any atom is 0.337 e. The number of aliphatic hydroxyl groups is 1. The zero-order valence-electron chi connectivity index (χ0n) is 28.3. The van der Waals surface area contributed by atoms with Gasteiger partial charge in [-0.05, 0) is 36.8 Å². The van der Waals surface area contributed by atoms with Gasteiger partial charge in [0, 0.05) is 37.2 Å². The van der Waals surface area contributed by atoms with Crippen LogP contribution in [0.15, 0.2) is 48.8 Å². The minimum atomic E-state index is -3.03. The van der Waals surface area contributed by atoms with E-state index in [2.05, 4.69) is 22.2 Å². The van der Waals surface area contributed by atoms with E-state index >= 15 is 0 Å². The average molecular weight is 684 g/mol. The second kappa shape index (κ2) is 21.3. The fourth-order valence-corrected chi connectivity index (χ4v) is 5.33. The van der Waals surface area contributed by atoms with Crippen molar-refractivity contribution in [1.29, 1.82) is 0 Å². The van der Waals surface area contributed by atoms with Crippen LogP contribution in [0.3, 0.4) is 0 Å². The van der Waals surface area contributed by atoms with Gasteiger partial charge in [-0.15, -0.1) is 0 Å². The van der Waals surface area contributed by atoms with Gasteiger partial charge in [0.15, 0.2) is 5.60 Å². The van der Waals surface area contributed by atoms with E-state index in [0.717, 1.165) is 56.6 Å². The third-order valence-electron chi connectivity index (χ3n) is 8.20. The van der Waals surface area contributed by atoms with E-state index in [0.29, 0.717) is 36.8 Å². The molecule has 0 spiro atoms. The number of ketones is 1. The minimum absolute atomic E-state index is 0.178. The minimum Gasteiger partial charge on any atom is -0.481 e. The Bertz CT molecular complexity index is 1390. The fourth-order valence-electron chi connectivity index (χ4n) is 5.33. The van der Waals surface area contributed by atoms with Crippen molar-refractivity contribution in [2.24, 2.45) is 5.92 Å². The molecule has 0 aliphatic heterocycles. The largest absolute Gasteiger partial charge is 0.481 e. The number of allylic oxidation sites excluding steroid dienone is 1. The van der Waals surface area contributed by atoms with Crippen LogP contribution in [0.2, 0.25) is 0 Å². The second-order valence-electron chi connectivity index (χ2n) is 12.1. The van der Waals surface area contributed by atoms with Gasteiger partial charge in [0.2, 0.25) is 5.91 Å². The number of carboxylic acid groups (broad SMARTS) is 3. The van der Waals surface area contributed by atoms with E-state index in [9.17, 15) is 44.4 Å². The van der Waals surface area contributed by atoms with Crippen LogP contribution in [-0.2, 0) is 30.4 Å². The van der Waals surface area contributed by atoms with Crippen LogP contribution < -0.4 is 10.1 Å². The standard InChI is InChI=1S/C36H49N3O10/c1-3-4-5-8-11-14-28(40)15-12-9-6-7-10-13-16-29(36(48,34(46)47)22-31(41)42)32(43)39-30(33(44)45)21-25-17-19-26(20-18-25)27-23-37-35(49-2)38-24-27/h13,16-20,23-24,29-30,48H,3-12,14-15,21-22H2,1-2H3,(H,39,43)(H,41,42)(H,44,45)(H,46,47)/b16-13+/t29-,30+,36+/m1/s1. The molecule has 1 amide bonds. The van der Waals surface area contributed by atoms with Gasteiger partial charge in [-0.1, -0.05) is 81.9 Å². The van der Waals surface area contributed by atoms with Crippen molar-refractivity contribution in [3.05, 3.63) is 54.4 Å². The summed E-state index contributed by atoms with van der Waals surface area (Å²) >= 11 is 0. The lowest BCUT2D eigenvalue weighted by Gasteiger charge is -2.29. The molecule has 5 N–H and O–H groups in total. The van der Waals surface area contributed by atoms with Crippen LogP contribution in [0.4, 0.5) is 0 Å². The van der Waals surface area contributed by atoms with Crippen LogP contribution in [0.5, 0.6) is 6.01 Å². The molecule has 268 valence electrons. The number of ether oxygens (including phenoxy) is 1. The van der Waals surface area contributed by atoms with E-state index in [1.54, 1.807) is 36.7 Å². The van der Waals surface area contributed by atoms with Crippen molar-refractivity contribution in [2.75, 3.05) is 7.11 Å². The van der Waals surface area contributed by atoms with Gasteiger partial charge in [0.1, 0.15) is 11.8 Å². The van der Waals surface area contributed by atoms with Gasteiger partial charge >= 0.3 is 23.9 Å². The average Bonchev–Trinajstić information content (AvgIpc) is 3.07. The zero-order chi connectivity index (χ0) is 36.2. The van der Waals surface area contributed by atoms with Crippen molar-refractivity contribution >= 4 is 29.6 Å². The van der Waals surface area contributed by atoms with Crippen LogP contribution in [0.25, 0.3) is 11.1 Å². The van der Waals surface area contributed by atoms with Gasteiger partial charge in [0.05, 0.1) is 19.4 Å². The van der Waals surface area contributed by atoms with Crippen LogP contribution in [0.1, 0.15) is 96.0 Å². The number of carbonyl (C=O) groups is 5.